The molecule has 0 bridgehead atoms. The van der Waals surface area contributed by atoms with Gasteiger partial charge in [0.1, 0.15) is 5.82 Å². The minimum atomic E-state index is -1.31. The van der Waals surface area contributed by atoms with E-state index in [0.29, 0.717) is 4.90 Å². The average Bonchev–Trinajstić information content (AvgIpc) is 2.63. The van der Waals surface area contributed by atoms with Crippen LogP contribution in [0.2, 0.25) is 0 Å². The highest BCUT2D eigenvalue weighted by molar-refractivity contribution is 7.84. The molecule has 0 aliphatic carbocycles. The van der Waals surface area contributed by atoms with E-state index in [2.05, 4.69) is 5.10 Å². The lowest BCUT2D eigenvalue weighted by molar-refractivity contribution is 0.627. The molecule has 2 aromatic rings. The predicted molar refractivity (Wildman–Crippen MR) is 64.1 cm³/mol. The van der Waals surface area contributed by atoms with E-state index >= 15 is 0 Å². The lowest BCUT2D eigenvalue weighted by Crippen LogP contribution is -2.02. The largest absolute Gasteiger partial charge is 0.398 e. The van der Waals surface area contributed by atoms with Crippen molar-refractivity contribution in [2.45, 2.75) is 10.6 Å². The summed E-state index contributed by atoms with van der Waals surface area (Å²) < 4.78 is 26.5. The summed E-state index contributed by atoms with van der Waals surface area (Å²) in [4.78, 5) is 0.442. The number of benzene rings is 1. The van der Waals surface area contributed by atoms with Crippen LogP contribution >= 0.6 is 0 Å². The summed E-state index contributed by atoms with van der Waals surface area (Å²) in [7, 11) is 0.482. The van der Waals surface area contributed by atoms with Crippen molar-refractivity contribution in [1.82, 2.24) is 9.78 Å². The fourth-order valence-electron chi connectivity index (χ4n) is 1.48. The van der Waals surface area contributed by atoms with Gasteiger partial charge in [-0.15, -0.1) is 0 Å². The molecular formula is C11H12FN3OS. The van der Waals surface area contributed by atoms with Gasteiger partial charge in [-0.05, 0) is 24.3 Å². The number of hydrogen-bond donors (Lipinski definition) is 1. The van der Waals surface area contributed by atoms with Crippen molar-refractivity contribution in [3.05, 3.63) is 42.0 Å². The first-order valence-corrected chi connectivity index (χ1v) is 6.30. The second-order valence-electron chi connectivity index (χ2n) is 3.65. The Labute approximate surface area is 101 Å². The molecule has 0 radical (unpaired) electrons. The molecule has 17 heavy (non-hydrogen) atoms. The third-order valence-electron chi connectivity index (χ3n) is 2.26. The van der Waals surface area contributed by atoms with Gasteiger partial charge < -0.3 is 5.73 Å². The van der Waals surface area contributed by atoms with Gasteiger partial charge in [0.15, 0.2) is 0 Å². The Kier molecular flexibility index (Phi) is 3.23. The Balaban J connectivity index is 2.20. The van der Waals surface area contributed by atoms with Gasteiger partial charge in [0, 0.05) is 13.2 Å². The summed E-state index contributed by atoms with van der Waals surface area (Å²) >= 11 is 0. The van der Waals surface area contributed by atoms with Crippen molar-refractivity contribution >= 4 is 16.5 Å². The molecule has 0 fully saturated rings. The first-order chi connectivity index (χ1) is 8.06. The Bertz CT molecular complexity index is 568. The Morgan fingerprint density at radius 2 is 2.24 bits per heavy atom. The number of aryl methyl sites for hydroxylation is 1. The maximum absolute atomic E-state index is 12.8. The van der Waals surface area contributed by atoms with Crippen LogP contribution in [0, 0.1) is 5.82 Å². The molecule has 0 saturated carbocycles. The van der Waals surface area contributed by atoms with Crippen molar-refractivity contribution < 1.29 is 8.60 Å². The summed E-state index contributed by atoms with van der Waals surface area (Å²) in [6, 6.07) is 5.66. The molecule has 1 heterocycles. The second-order valence-corrected chi connectivity index (χ2v) is 5.07. The maximum atomic E-state index is 12.8. The molecule has 2 rings (SSSR count). The highest BCUT2D eigenvalue weighted by Gasteiger charge is 2.11. The predicted octanol–water partition coefficient (Wildman–Crippen LogP) is 1.45. The average molecular weight is 253 g/mol. The first kappa shape index (κ1) is 11.8. The van der Waals surface area contributed by atoms with Gasteiger partial charge in [-0.2, -0.15) is 5.10 Å². The molecule has 1 unspecified atom stereocenters. The Morgan fingerprint density at radius 1 is 1.47 bits per heavy atom. The fourth-order valence-corrected chi connectivity index (χ4v) is 2.60. The number of hydrogen-bond acceptors (Lipinski definition) is 3. The number of rotatable bonds is 3. The standard InChI is InChI=1S/C11H12FN3OS/c1-15-5-4-9(14-15)7-17(16)11-3-2-8(12)6-10(11)13/h2-6H,7,13H2,1H3. The maximum Gasteiger partial charge on any atom is 0.125 e. The minimum absolute atomic E-state index is 0.208. The lowest BCUT2D eigenvalue weighted by atomic mass is 10.3. The number of halogens is 1. The number of nitrogens with zero attached hydrogens (tertiary/aromatic N) is 2. The monoisotopic (exact) mass is 253 g/mol. The van der Waals surface area contributed by atoms with Crippen LogP contribution in [0.25, 0.3) is 0 Å². The molecule has 1 atom stereocenters. The van der Waals surface area contributed by atoms with Crippen LogP contribution in [-0.2, 0) is 23.6 Å². The van der Waals surface area contributed by atoms with E-state index in [1.165, 1.54) is 18.2 Å². The SMILES string of the molecule is Cn1ccc(CS(=O)c2ccc(F)cc2N)n1. The van der Waals surface area contributed by atoms with Crippen LogP contribution in [0.3, 0.4) is 0 Å². The molecule has 6 heteroatoms. The van der Waals surface area contributed by atoms with Crippen LogP contribution in [0.4, 0.5) is 10.1 Å². The topological polar surface area (TPSA) is 60.9 Å². The van der Waals surface area contributed by atoms with Gasteiger partial charge >= 0.3 is 0 Å². The van der Waals surface area contributed by atoms with Crippen LogP contribution < -0.4 is 5.73 Å². The summed E-state index contributed by atoms with van der Waals surface area (Å²) in [5.41, 5.74) is 6.55. The van der Waals surface area contributed by atoms with Gasteiger partial charge in [-0.25, -0.2) is 4.39 Å². The Hall–Kier alpha value is -1.69. The third kappa shape index (κ3) is 2.71. The molecule has 4 nitrogen and oxygen atoms in total. The fraction of sp³-hybridized carbons (Fsp3) is 0.182. The molecule has 1 aromatic heterocycles. The number of nitrogen functional groups attached to an aromatic ring is 1. The van der Waals surface area contributed by atoms with E-state index in [9.17, 15) is 8.60 Å². The van der Waals surface area contributed by atoms with E-state index in [1.54, 1.807) is 24.0 Å². The highest BCUT2D eigenvalue weighted by Crippen LogP contribution is 2.19. The van der Waals surface area contributed by atoms with Crippen LogP contribution in [0.5, 0.6) is 0 Å². The second kappa shape index (κ2) is 4.67. The Morgan fingerprint density at radius 3 is 2.82 bits per heavy atom. The van der Waals surface area contributed by atoms with E-state index in [1.807, 2.05) is 0 Å². The zero-order chi connectivity index (χ0) is 12.4. The first-order valence-electron chi connectivity index (χ1n) is 4.98. The van der Waals surface area contributed by atoms with Gasteiger partial charge in [0.25, 0.3) is 0 Å². The van der Waals surface area contributed by atoms with Crippen molar-refractivity contribution in [3.8, 4) is 0 Å². The van der Waals surface area contributed by atoms with Gasteiger partial charge in [-0.1, -0.05) is 0 Å². The van der Waals surface area contributed by atoms with Crippen LogP contribution in [-0.4, -0.2) is 14.0 Å². The lowest BCUT2D eigenvalue weighted by Gasteiger charge is -2.04. The van der Waals surface area contributed by atoms with E-state index in [-0.39, 0.29) is 11.4 Å². The molecule has 0 amide bonds. The van der Waals surface area contributed by atoms with Crippen LogP contribution in [0.15, 0.2) is 35.4 Å². The molecule has 90 valence electrons. The molecule has 2 N–H and O–H groups in total. The molecule has 0 saturated heterocycles. The zero-order valence-electron chi connectivity index (χ0n) is 9.26. The van der Waals surface area contributed by atoms with Gasteiger partial charge in [0.2, 0.25) is 0 Å². The smallest absolute Gasteiger partial charge is 0.125 e. The summed E-state index contributed by atoms with van der Waals surface area (Å²) in [5.74, 6) is -0.155. The van der Waals surface area contributed by atoms with Crippen molar-refractivity contribution in [2.75, 3.05) is 5.73 Å². The van der Waals surface area contributed by atoms with E-state index in [4.69, 9.17) is 5.73 Å². The molecule has 0 spiro atoms. The zero-order valence-corrected chi connectivity index (χ0v) is 10.1. The normalized spacial score (nSPS) is 12.6. The summed E-state index contributed by atoms with van der Waals surface area (Å²) in [5, 5.41) is 4.13. The summed E-state index contributed by atoms with van der Waals surface area (Å²) in [6.45, 7) is 0. The number of nitrogens with two attached hydrogens (primary N) is 1. The van der Waals surface area contributed by atoms with E-state index in [0.717, 1.165) is 5.69 Å². The van der Waals surface area contributed by atoms with Crippen molar-refractivity contribution in [3.63, 3.8) is 0 Å². The highest BCUT2D eigenvalue weighted by atomic mass is 32.2. The van der Waals surface area contributed by atoms with Crippen molar-refractivity contribution in [1.29, 1.82) is 0 Å². The molecule has 0 aliphatic heterocycles. The number of anilines is 1. The minimum Gasteiger partial charge on any atom is -0.398 e. The molecule has 1 aromatic carbocycles. The third-order valence-corrected chi connectivity index (χ3v) is 3.69. The van der Waals surface area contributed by atoms with Gasteiger partial charge in [-0.3, -0.25) is 8.89 Å². The molecular weight excluding hydrogens is 241 g/mol. The van der Waals surface area contributed by atoms with Gasteiger partial charge in [0.05, 0.1) is 32.8 Å². The van der Waals surface area contributed by atoms with Crippen LogP contribution in [0.1, 0.15) is 5.69 Å². The molecule has 0 aliphatic rings. The summed E-state index contributed by atoms with van der Waals surface area (Å²) in [6.07, 6.45) is 1.78. The van der Waals surface area contributed by atoms with Crippen molar-refractivity contribution in [2.24, 2.45) is 7.05 Å². The number of aromatic nitrogens is 2. The van der Waals surface area contributed by atoms with E-state index < -0.39 is 16.6 Å². The quantitative estimate of drug-likeness (QED) is 0.842.